The van der Waals surface area contributed by atoms with Crippen molar-refractivity contribution in [3.05, 3.63) is 40.5 Å². The first-order chi connectivity index (χ1) is 10.7. The molecule has 3 rings (SSSR count). The largest absolute Gasteiger partial charge is 0.496 e. The molecule has 2 aromatic rings. The molecule has 0 amide bonds. The molecule has 0 bridgehead atoms. The highest BCUT2D eigenvalue weighted by Gasteiger charge is 2.26. The van der Waals surface area contributed by atoms with Gasteiger partial charge in [0.2, 0.25) is 11.7 Å². The molecule has 22 heavy (non-hydrogen) atoms. The predicted molar refractivity (Wildman–Crippen MR) is 81.0 cm³/mol. The van der Waals surface area contributed by atoms with E-state index in [1.54, 1.807) is 14.0 Å². The van der Waals surface area contributed by atoms with Gasteiger partial charge in [0, 0.05) is 37.1 Å². The lowest BCUT2D eigenvalue weighted by atomic mass is 10.1. The second kappa shape index (κ2) is 6.64. The van der Waals surface area contributed by atoms with E-state index in [0.717, 1.165) is 24.4 Å². The highest BCUT2D eigenvalue weighted by Crippen LogP contribution is 2.26. The topological polar surface area (TPSA) is 60.6 Å². The van der Waals surface area contributed by atoms with Gasteiger partial charge >= 0.3 is 0 Å². The Kier molecular flexibility index (Phi) is 4.61. The fourth-order valence-corrected chi connectivity index (χ4v) is 2.75. The first kappa shape index (κ1) is 15.3. The molecule has 1 aromatic heterocycles. The van der Waals surface area contributed by atoms with E-state index in [9.17, 15) is 0 Å². The van der Waals surface area contributed by atoms with E-state index in [1.165, 1.54) is 0 Å². The Morgan fingerprint density at radius 1 is 1.45 bits per heavy atom. The Hall–Kier alpha value is -1.63. The minimum absolute atomic E-state index is 0.170. The Morgan fingerprint density at radius 2 is 2.32 bits per heavy atom. The average molecular weight is 324 g/mol. The monoisotopic (exact) mass is 323 g/mol. The summed E-state index contributed by atoms with van der Waals surface area (Å²) >= 11 is 6.09. The van der Waals surface area contributed by atoms with Crippen LogP contribution in [0.3, 0.4) is 0 Å². The van der Waals surface area contributed by atoms with Crippen LogP contribution in [-0.4, -0.2) is 41.8 Å². The van der Waals surface area contributed by atoms with E-state index in [4.69, 9.17) is 25.6 Å². The van der Waals surface area contributed by atoms with Crippen LogP contribution in [-0.2, 0) is 11.3 Å². The van der Waals surface area contributed by atoms with Gasteiger partial charge in [-0.3, -0.25) is 4.90 Å². The van der Waals surface area contributed by atoms with E-state index in [1.807, 2.05) is 18.2 Å². The molecule has 1 aliphatic rings. The third-order valence-electron chi connectivity index (χ3n) is 3.62. The molecule has 0 radical (unpaired) electrons. The zero-order chi connectivity index (χ0) is 15.5. The molecule has 1 aromatic carbocycles. The molecule has 7 heteroatoms. The van der Waals surface area contributed by atoms with Gasteiger partial charge in [-0.15, -0.1) is 0 Å². The summed E-state index contributed by atoms with van der Waals surface area (Å²) in [5, 5.41) is 4.65. The molecule has 0 aliphatic carbocycles. The summed E-state index contributed by atoms with van der Waals surface area (Å²) < 4.78 is 16.2. The molecular weight excluding hydrogens is 306 g/mol. The van der Waals surface area contributed by atoms with Gasteiger partial charge in [0.25, 0.3) is 0 Å². The zero-order valence-corrected chi connectivity index (χ0v) is 13.3. The van der Waals surface area contributed by atoms with Crippen LogP contribution in [0.2, 0.25) is 5.02 Å². The van der Waals surface area contributed by atoms with Crippen molar-refractivity contribution in [2.24, 2.45) is 0 Å². The normalized spacial score (nSPS) is 19.3. The Labute approximate surface area is 134 Å². The number of benzene rings is 1. The number of aryl methyl sites for hydroxylation is 1. The number of methoxy groups -OCH3 is 1. The fourth-order valence-electron chi connectivity index (χ4n) is 2.56. The smallest absolute Gasteiger partial charge is 0.223 e. The van der Waals surface area contributed by atoms with Crippen LogP contribution in [0.1, 0.15) is 23.4 Å². The van der Waals surface area contributed by atoms with Crippen molar-refractivity contribution in [1.29, 1.82) is 0 Å². The summed E-state index contributed by atoms with van der Waals surface area (Å²) in [6.07, 6.45) is -0.170. The van der Waals surface area contributed by atoms with Crippen LogP contribution in [0.5, 0.6) is 5.75 Å². The fraction of sp³-hybridized carbons (Fsp3) is 0.467. The number of hydrogen-bond donors (Lipinski definition) is 0. The molecule has 1 fully saturated rings. The van der Waals surface area contributed by atoms with Gasteiger partial charge in [0.15, 0.2) is 0 Å². The van der Waals surface area contributed by atoms with Crippen LogP contribution in [0.25, 0.3) is 0 Å². The molecule has 118 valence electrons. The molecule has 0 saturated carbocycles. The molecule has 2 heterocycles. The number of halogens is 1. The van der Waals surface area contributed by atoms with Crippen molar-refractivity contribution in [2.75, 3.05) is 26.8 Å². The minimum atomic E-state index is -0.170. The Bertz CT molecular complexity index is 647. The van der Waals surface area contributed by atoms with Gasteiger partial charge < -0.3 is 14.0 Å². The van der Waals surface area contributed by atoms with Crippen LogP contribution in [0.15, 0.2) is 22.7 Å². The summed E-state index contributed by atoms with van der Waals surface area (Å²) in [5.41, 5.74) is 1.06. The van der Waals surface area contributed by atoms with E-state index >= 15 is 0 Å². The third kappa shape index (κ3) is 3.40. The lowest BCUT2D eigenvalue weighted by molar-refractivity contribution is -0.0382. The molecule has 1 saturated heterocycles. The maximum Gasteiger partial charge on any atom is 0.223 e. The molecule has 0 spiro atoms. The zero-order valence-electron chi connectivity index (χ0n) is 12.6. The highest BCUT2D eigenvalue weighted by atomic mass is 35.5. The number of hydrogen-bond acceptors (Lipinski definition) is 6. The number of aromatic nitrogens is 2. The molecule has 0 N–H and O–H groups in total. The summed E-state index contributed by atoms with van der Waals surface area (Å²) in [6, 6.07) is 5.65. The van der Waals surface area contributed by atoms with Gasteiger partial charge in [-0.2, -0.15) is 4.98 Å². The van der Waals surface area contributed by atoms with Gasteiger partial charge in [0.05, 0.1) is 13.7 Å². The maximum atomic E-state index is 6.09. The van der Waals surface area contributed by atoms with Crippen LogP contribution < -0.4 is 4.74 Å². The summed E-state index contributed by atoms with van der Waals surface area (Å²) in [7, 11) is 1.66. The molecule has 6 nitrogen and oxygen atoms in total. The predicted octanol–water partition coefficient (Wildman–Crippen LogP) is 2.61. The van der Waals surface area contributed by atoms with Gasteiger partial charge in [-0.1, -0.05) is 16.8 Å². The Balaban J connectivity index is 1.71. The lowest BCUT2D eigenvalue weighted by Crippen LogP contribution is -2.38. The van der Waals surface area contributed by atoms with E-state index in [0.29, 0.717) is 29.9 Å². The van der Waals surface area contributed by atoms with Crippen molar-refractivity contribution < 1.29 is 14.0 Å². The van der Waals surface area contributed by atoms with Gasteiger partial charge in [-0.05, 0) is 18.2 Å². The molecule has 0 unspecified atom stereocenters. The van der Waals surface area contributed by atoms with Gasteiger partial charge in [-0.25, -0.2) is 0 Å². The molecule has 1 aliphatic heterocycles. The molecular formula is C15H18ClN3O3. The van der Waals surface area contributed by atoms with Crippen molar-refractivity contribution in [1.82, 2.24) is 15.0 Å². The van der Waals surface area contributed by atoms with Crippen LogP contribution in [0.4, 0.5) is 0 Å². The number of nitrogens with zero attached hydrogens (tertiary/aromatic N) is 3. The average Bonchev–Trinajstić information content (AvgIpc) is 2.94. The standard InChI is InChI=1S/C15H18ClN3O3/c1-10-17-15(18-22-10)14-9-19(5-6-21-14)8-11-7-12(16)3-4-13(11)20-2/h3-4,7,14H,5-6,8-9H2,1-2H3/t14-/m1/s1. The van der Waals surface area contributed by atoms with Gasteiger partial charge in [0.1, 0.15) is 11.9 Å². The second-order valence-corrected chi connectivity index (χ2v) is 5.66. The maximum absolute atomic E-state index is 6.09. The van der Waals surface area contributed by atoms with Crippen molar-refractivity contribution in [3.8, 4) is 5.75 Å². The van der Waals surface area contributed by atoms with Crippen molar-refractivity contribution in [2.45, 2.75) is 19.6 Å². The second-order valence-electron chi connectivity index (χ2n) is 5.22. The van der Waals surface area contributed by atoms with E-state index in [-0.39, 0.29) is 6.10 Å². The first-order valence-corrected chi connectivity index (χ1v) is 7.50. The van der Waals surface area contributed by atoms with Crippen molar-refractivity contribution >= 4 is 11.6 Å². The number of ether oxygens (including phenoxy) is 2. The molecule has 1 atom stereocenters. The highest BCUT2D eigenvalue weighted by molar-refractivity contribution is 6.30. The van der Waals surface area contributed by atoms with Crippen molar-refractivity contribution in [3.63, 3.8) is 0 Å². The SMILES string of the molecule is COc1ccc(Cl)cc1CN1CCO[C@@H](c2noc(C)n2)C1. The third-order valence-corrected chi connectivity index (χ3v) is 3.85. The number of morpholine rings is 1. The lowest BCUT2D eigenvalue weighted by Gasteiger charge is -2.31. The summed E-state index contributed by atoms with van der Waals surface area (Å²) in [4.78, 5) is 6.52. The number of rotatable bonds is 4. The van der Waals surface area contributed by atoms with E-state index < -0.39 is 0 Å². The summed E-state index contributed by atoms with van der Waals surface area (Å²) in [6.45, 7) is 4.67. The quantitative estimate of drug-likeness (QED) is 0.862. The first-order valence-electron chi connectivity index (χ1n) is 7.12. The summed E-state index contributed by atoms with van der Waals surface area (Å²) in [5.74, 6) is 1.98. The van der Waals surface area contributed by atoms with Crippen LogP contribution in [0, 0.1) is 6.92 Å². The Morgan fingerprint density at radius 3 is 3.05 bits per heavy atom. The van der Waals surface area contributed by atoms with Crippen LogP contribution >= 0.6 is 11.6 Å². The minimum Gasteiger partial charge on any atom is -0.496 e. The van der Waals surface area contributed by atoms with E-state index in [2.05, 4.69) is 15.0 Å².